The molecule has 0 aliphatic heterocycles. The summed E-state index contributed by atoms with van der Waals surface area (Å²) in [5, 5.41) is 3.23. The van der Waals surface area contributed by atoms with Crippen LogP contribution in [0.3, 0.4) is 0 Å². The van der Waals surface area contributed by atoms with E-state index in [0.29, 0.717) is 31.7 Å². The van der Waals surface area contributed by atoms with E-state index in [-0.39, 0.29) is 11.7 Å². The van der Waals surface area contributed by atoms with Gasteiger partial charge in [-0.2, -0.15) is 0 Å². The van der Waals surface area contributed by atoms with Crippen molar-refractivity contribution in [2.45, 2.75) is 32.7 Å². The van der Waals surface area contributed by atoms with Gasteiger partial charge in [0.05, 0.1) is 6.61 Å². The molecule has 0 unspecified atom stereocenters. The topological polar surface area (TPSA) is 41.6 Å². The molecule has 0 heterocycles. The summed E-state index contributed by atoms with van der Waals surface area (Å²) in [5.74, 6) is 0.285. The Bertz CT molecular complexity index is 450. The minimum absolute atomic E-state index is 0.0716. The van der Waals surface area contributed by atoms with Gasteiger partial charge in [-0.25, -0.2) is 4.39 Å². The Morgan fingerprint density at radius 3 is 2.76 bits per heavy atom. The fraction of sp³-hybridized carbons (Fsp3) is 0.562. The monoisotopic (exact) mass is 296 g/mol. The van der Waals surface area contributed by atoms with Gasteiger partial charge in [0.25, 0.3) is 0 Å². The van der Waals surface area contributed by atoms with Gasteiger partial charge in [-0.1, -0.05) is 6.92 Å². The first-order chi connectivity index (χ1) is 10.0. The molecule has 0 fully saturated rings. The van der Waals surface area contributed by atoms with Crippen LogP contribution in [-0.4, -0.2) is 38.1 Å². The Morgan fingerprint density at radius 1 is 1.33 bits per heavy atom. The molecule has 118 valence electrons. The standard InChI is InChI=1S/C16H25FN2O2/c1-4-7-18-12-13-9-14(17)11-15(10-13)21-8-5-6-16(20)19(2)3/h9-11,18H,4-8,12H2,1-3H3. The van der Waals surface area contributed by atoms with Crippen LogP contribution in [0.15, 0.2) is 18.2 Å². The Kier molecular flexibility index (Phi) is 7.75. The van der Waals surface area contributed by atoms with Crippen molar-refractivity contribution in [3.63, 3.8) is 0 Å². The second-order valence-electron chi connectivity index (χ2n) is 5.21. The smallest absolute Gasteiger partial charge is 0.222 e. The number of halogens is 1. The van der Waals surface area contributed by atoms with E-state index in [9.17, 15) is 9.18 Å². The van der Waals surface area contributed by atoms with Gasteiger partial charge < -0.3 is 15.0 Å². The molecule has 4 nitrogen and oxygen atoms in total. The molecule has 1 rings (SSSR count). The average molecular weight is 296 g/mol. The van der Waals surface area contributed by atoms with Crippen LogP contribution in [-0.2, 0) is 11.3 Å². The summed E-state index contributed by atoms with van der Waals surface area (Å²) in [4.78, 5) is 13.0. The Hall–Kier alpha value is -1.62. The number of hydrogen-bond donors (Lipinski definition) is 1. The van der Waals surface area contributed by atoms with Crippen molar-refractivity contribution >= 4 is 5.91 Å². The van der Waals surface area contributed by atoms with Crippen molar-refractivity contribution in [3.8, 4) is 5.75 Å². The van der Waals surface area contributed by atoms with Crippen molar-refractivity contribution in [1.82, 2.24) is 10.2 Å². The predicted molar refractivity (Wildman–Crippen MR) is 81.8 cm³/mol. The average Bonchev–Trinajstić information content (AvgIpc) is 2.43. The zero-order chi connectivity index (χ0) is 15.7. The number of ether oxygens (including phenoxy) is 1. The lowest BCUT2D eigenvalue weighted by molar-refractivity contribution is -0.128. The Balaban J connectivity index is 2.42. The quantitative estimate of drug-likeness (QED) is 0.712. The number of benzene rings is 1. The normalized spacial score (nSPS) is 10.5. The highest BCUT2D eigenvalue weighted by Crippen LogP contribution is 2.17. The molecule has 0 atom stereocenters. The largest absolute Gasteiger partial charge is 0.493 e. The van der Waals surface area contributed by atoms with Crippen LogP contribution in [0.25, 0.3) is 0 Å². The molecule has 21 heavy (non-hydrogen) atoms. The second kappa shape index (κ2) is 9.34. The molecular weight excluding hydrogens is 271 g/mol. The molecule has 0 saturated heterocycles. The minimum atomic E-state index is -0.301. The maximum absolute atomic E-state index is 13.5. The SMILES string of the molecule is CCCNCc1cc(F)cc(OCCCC(=O)N(C)C)c1. The van der Waals surface area contributed by atoms with Crippen molar-refractivity contribution in [3.05, 3.63) is 29.6 Å². The van der Waals surface area contributed by atoms with Crippen molar-refractivity contribution in [2.75, 3.05) is 27.2 Å². The van der Waals surface area contributed by atoms with Crippen molar-refractivity contribution < 1.29 is 13.9 Å². The van der Waals surface area contributed by atoms with Crippen LogP contribution in [0, 0.1) is 5.82 Å². The lowest BCUT2D eigenvalue weighted by atomic mass is 10.2. The van der Waals surface area contributed by atoms with Crippen molar-refractivity contribution in [1.29, 1.82) is 0 Å². The van der Waals surface area contributed by atoms with Crippen LogP contribution in [0.1, 0.15) is 31.7 Å². The number of amides is 1. The maximum atomic E-state index is 13.5. The molecule has 1 aromatic carbocycles. The Morgan fingerprint density at radius 2 is 2.10 bits per heavy atom. The van der Waals surface area contributed by atoms with E-state index in [0.717, 1.165) is 18.5 Å². The van der Waals surface area contributed by atoms with E-state index in [1.807, 2.05) is 6.07 Å². The summed E-state index contributed by atoms with van der Waals surface area (Å²) >= 11 is 0. The number of carbonyl (C=O) groups is 1. The lowest BCUT2D eigenvalue weighted by Crippen LogP contribution is -2.21. The van der Waals surface area contributed by atoms with Gasteiger partial charge in [-0.15, -0.1) is 0 Å². The van der Waals surface area contributed by atoms with Gasteiger partial charge in [-0.3, -0.25) is 4.79 Å². The van der Waals surface area contributed by atoms with Crippen LogP contribution in [0.5, 0.6) is 5.75 Å². The number of nitrogens with zero attached hydrogens (tertiary/aromatic N) is 1. The van der Waals surface area contributed by atoms with Gasteiger partial charge >= 0.3 is 0 Å². The fourth-order valence-corrected chi connectivity index (χ4v) is 1.85. The maximum Gasteiger partial charge on any atom is 0.222 e. The molecule has 1 N–H and O–H groups in total. The third kappa shape index (κ3) is 7.09. The predicted octanol–water partition coefficient (Wildman–Crippen LogP) is 2.57. The third-order valence-corrected chi connectivity index (χ3v) is 2.99. The zero-order valence-electron chi connectivity index (χ0n) is 13.1. The van der Waals surface area contributed by atoms with Crippen LogP contribution in [0.2, 0.25) is 0 Å². The number of hydrogen-bond acceptors (Lipinski definition) is 3. The molecular formula is C16H25FN2O2. The second-order valence-corrected chi connectivity index (χ2v) is 5.21. The number of rotatable bonds is 9. The van der Waals surface area contributed by atoms with Crippen LogP contribution in [0.4, 0.5) is 4.39 Å². The molecule has 0 saturated carbocycles. The summed E-state index contributed by atoms with van der Waals surface area (Å²) < 4.78 is 19.0. The van der Waals surface area contributed by atoms with E-state index in [2.05, 4.69) is 12.2 Å². The van der Waals surface area contributed by atoms with E-state index >= 15 is 0 Å². The van der Waals surface area contributed by atoms with E-state index in [4.69, 9.17) is 4.74 Å². The summed E-state index contributed by atoms with van der Waals surface area (Å²) in [6.45, 7) is 4.02. The minimum Gasteiger partial charge on any atom is -0.493 e. The Labute approximate surface area is 126 Å². The number of nitrogens with one attached hydrogen (secondary N) is 1. The van der Waals surface area contributed by atoms with Gasteiger partial charge in [0.15, 0.2) is 0 Å². The fourth-order valence-electron chi connectivity index (χ4n) is 1.85. The zero-order valence-corrected chi connectivity index (χ0v) is 13.1. The molecule has 0 radical (unpaired) electrons. The molecule has 1 amide bonds. The highest BCUT2D eigenvalue weighted by atomic mass is 19.1. The molecule has 1 aromatic rings. The van der Waals surface area contributed by atoms with Crippen molar-refractivity contribution in [2.24, 2.45) is 0 Å². The van der Waals surface area contributed by atoms with Gasteiger partial charge in [0.1, 0.15) is 11.6 Å². The first-order valence-corrected chi connectivity index (χ1v) is 7.36. The number of carbonyl (C=O) groups excluding carboxylic acids is 1. The molecule has 0 aliphatic rings. The highest BCUT2D eigenvalue weighted by molar-refractivity contribution is 5.75. The lowest BCUT2D eigenvalue weighted by Gasteiger charge is -2.11. The van der Waals surface area contributed by atoms with E-state index < -0.39 is 0 Å². The van der Waals surface area contributed by atoms with Crippen LogP contribution >= 0.6 is 0 Å². The highest BCUT2D eigenvalue weighted by Gasteiger charge is 2.05. The molecule has 5 heteroatoms. The summed E-state index contributed by atoms with van der Waals surface area (Å²) in [7, 11) is 3.46. The molecule has 0 bridgehead atoms. The summed E-state index contributed by atoms with van der Waals surface area (Å²) in [6.07, 6.45) is 2.10. The summed E-state index contributed by atoms with van der Waals surface area (Å²) in [5.41, 5.74) is 0.864. The molecule has 0 aliphatic carbocycles. The van der Waals surface area contributed by atoms with Gasteiger partial charge in [-0.05, 0) is 37.1 Å². The van der Waals surface area contributed by atoms with Gasteiger partial charge in [0, 0.05) is 33.1 Å². The molecule has 0 aromatic heterocycles. The first kappa shape index (κ1) is 17.4. The van der Waals surface area contributed by atoms with E-state index in [1.54, 1.807) is 19.0 Å². The van der Waals surface area contributed by atoms with E-state index in [1.165, 1.54) is 12.1 Å². The summed E-state index contributed by atoms with van der Waals surface area (Å²) in [6, 6.07) is 4.71. The molecule has 0 spiro atoms. The van der Waals surface area contributed by atoms with Crippen LogP contribution < -0.4 is 10.1 Å². The first-order valence-electron chi connectivity index (χ1n) is 7.36. The third-order valence-electron chi connectivity index (χ3n) is 2.99. The van der Waals surface area contributed by atoms with Gasteiger partial charge in [0.2, 0.25) is 5.91 Å².